The molecule has 0 atom stereocenters. The zero-order valence-electron chi connectivity index (χ0n) is 14.7. The van der Waals surface area contributed by atoms with Gasteiger partial charge in [-0.2, -0.15) is 9.78 Å². The number of rotatable bonds is 5. The van der Waals surface area contributed by atoms with Crippen LogP contribution in [0, 0.1) is 0 Å². The van der Waals surface area contributed by atoms with Crippen molar-refractivity contribution in [3.05, 3.63) is 82.8 Å². The number of hydrogen-bond acceptors (Lipinski definition) is 5. The molecule has 0 aliphatic rings. The monoisotopic (exact) mass is 359 g/mol. The Morgan fingerprint density at radius 2 is 1.93 bits per heavy atom. The van der Waals surface area contributed by atoms with Gasteiger partial charge in [-0.1, -0.05) is 12.1 Å². The van der Waals surface area contributed by atoms with Crippen molar-refractivity contribution < 1.29 is 9.15 Å². The number of nitrogens with zero attached hydrogens (tertiary/aromatic N) is 3. The summed E-state index contributed by atoms with van der Waals surface area (Å²) in [5.74, 6) is 1.61. The van der Waals surface area contributed by atoms with Gasteiger partial charge in [0.25, 0.3) is 5.56 Å². The van der Waals surface area contributed by atoms with Gasteiger partial charge < -0.3 is 9.15 Å². The van der Waals surface area contributed by atoms with Crippen LogP contribution in [0.3, 0.4) is 0 Å². The first-order valence-corrected chi connectivity index (χ1v) is 8.59. The van der Waals surface area contributed by atoms with Crippen molar-refractivity contribution in [1.29, 1.82) is 0 Å². The third-order valence-electron chi connectivity index (χ3n) is 4.01. The second-order valence-electron chi connectivity index (χ2n) is 5.79. The minimum Gasteiger partial charge on any atom is -0.494 e. The predicted molar refractivity (Wildman–Crippen MR) is 104 cm³/mol. The van der Waals surface area contributed by atoms with Gasteiger partial charge in [-0.3, -0.25) is 4.79 Å². The standard InChI is InChI=1S/C21H17N3O3/c1-2-26-16-11-9-15(10-12-16)14-22-24-20(19-8-5-13-27-19)23-18-7-4-3-6-17(18)21(24)25/h3-14H,2H2,1H3. The summed E-state index contributed by atoms with van der Waals surface area (Å²) in [6.45, 7) is 2.54. The van der Waals surface area contributed by atoms with Gasteiger partial charge in [0.05, 0.1) is 30.0 Å². The number of aromatic nitrogens is 2. The summed E-state index contributed by atoms with van der Waals surface area (Å²) < 4.78 is 12.1. The predicted octanol–water partition coefficient (Wildman–Crippen LogP) is 3.94. The molecule has 0 saturated heterocycles. The van der Waals surface area contributed by atoms with Crippen LogP contribution in [0.2, 0.25) is 0 Å². The Morgan fingerprint density at radius 3 is 2.67 bits per heavy atom. The summed E-state index contributed by atoms with van der Waals surface area (Å²) in [4.78, 5) is 17.5. The third kappa shape index (κ3) is 3.37. The fourth-order valence-electron chi connectivity index (χ4n) is 2.74. The molecule has 0 aliphatic heterocycles. The lowest BCUT2D eigenvalue weighted by Gasteiger charge is -2.07. The molecule has 6 heteroatoms. The van der Waals surface area contributed by atoms with Gasteiger partial charge in [0, 0.05) is 0 Å². The van der Waals surface area contributed by atoms with Crippen LogP contribution in [0.4, 0.5) is 0 Å². The molecule has 0 spiro atoms. The molecule has 2 heterocycles. The fourth-order valence-corrected chi connectivity index (χ4v) is 2.74. The van der Waals surface area contributed by atoms with E-state index in [0.29, 0.717) is 29.1 Å². The molecular weight excluding hydrogens is 342 g/mol. The van der Waals surface area contributed by atoms with Crippen LogP contribution in [0.25, 0.3) is 22.5 Å². The second-order valence-corrected chi connectivity index (χ2v) is 5.79. The smallest absolute Gasteiger partial charge is 0.282 e. The maximum Gasteiger partial charge on any atom is 0.282 e. The van der Waals surface area contributed by atoms with Crippen molar-refractivity contribution in [1.82, 2.24) is 9.66 Å². The quantitative estimate of drug-likeness (QED) is 0.506. The van der Waals surface area contributed by atoms with Crippen LogP contribution in [0.1, 0.15) is 12.5 Å². The lowest BCUT2D eigenvalue weighted by molar-refractivity contribution is 0.340. The second kappa shape index (κ2) is 7.29. The van der Waals surface area contributed by atoms with E-state index in [1.165, 1.54) is 10.9 Å². The van der Waals surface area contributed by atoms with Gasteiger partial charge >= 0.3 is 0 Å². The van der Waals surface area contributed by atoms with E-state index in [4.69, 9.17) is 9.15 Å². The minimum atomic E-state index is -0.255. The molecule has 6 nitrogen and oxygen atoms in total. The SMILES string of the molecule is CCOc1ccc(C=Nn2c(-c3ccco3)nc3ccccc3c2=O)cc1. The van der Waals surface area contributed by atoms with Crippen molar-refractivity contribution in [3.63, 3.8) is 0 Å². The maximum absolute atomic E-state index is 13.0. The highest BCUT2D eigenvalue weighted by atomic mass is 16.5. The average Bonchev–Trinajstić information content (AvgIpc) is 3.23. The number of furan rings is 1. The molecule has 0 amide bonds. The molecule has 0 N–H and O–H groups in total. The van der Waals surface area contributed by atoms with Crippen LogP contribution in [0.5, 0.6) is 5.75 Å². The van der Waals surface area contributed by atoms with E-state index in [9.17, 15) is 4.79 Å². The highest BCUT2D eigenvalue weighted by Gasteiger charge is 2.14. The van der Waals surface area contributed by atoms with Crippen LogP contribution in [-0.2, 0) is 0 Å². The van der Waals surface area contributed by atoms with Crippen molar-refractivity contribution in [2.45, 2.75) is 6.92 Å². The molecule has 0 aliphatic carbocycles. The molecule has 0 fully saturated rings. The Bertz CT molecular complexity index is 1140. The van der Waals surface area contributed by atoms with Crippen LogP contribution in [0.15, 0.2) is 81.2 Å². The molecule has 134 valence electrons. The first kappa shape index (κ1) is 16.8. The first-order chi connectivity index (χ1) is 13.3. The Morgan fingerprint density at radius 1 is 1.11 bits per heavy atom. The topological polar surface area (TPSA) is 69.6 Å². The molecular formula is C21H17N3O3. The van der Waals surface area contributed by atoms with Gasteiger partial charge in [0.2, 0.25) is 5.82 Å². The molecule has 0 unspecified atom stereocenters. The fraction of sp³-hybridized carbons (Fsp3) is 0.0952. The Labute approximate surface area is 155 Å². The molecule has 2 aromatic carbocycles. The third-order valence-corrected chi connectivity index (χ3v) is 4.01. The van der Waals surface area contributed by atoms with Gasteiger partial charge in [-0.05, 0) is 61.0 Å². The lowest BCUT2D eigenvalue weighted by atomic mass is 10.2. The summed E-state index contributed by atoms with van der Waals surface area (Å²) in [6.07, 6.45) is 3.15. The van der Waals surface area contributed by atoms with E-state index >= 15 is 0 Å². The molecule has 27 heavy (non-hydrogen) atoms. The normalized spacial score (nSPS) is 11.3. The first-order valence-electron chi connectivity index (χ1n) is 8.59. The molecule has 4 aromatic rings. The van der Waals surface area contributed by atoms with Crippen LogP contribution < -0.4 is 10.3 Å². The van der Waals surface area contributed by atoms with Crippen molar-refractivity contribution in [2.75, 3.05) is 6.61 Å². The Balaban J connectivity index is 1.81. The molecule has 0 bridgehead atoms. The van der Waals surface area contributed by atoms with E-state index in [1.54, 1.807) is 36.5 Å². The zero-order valence-corrected chi connectivity index (χ0v) is 14.7. The van der Waals surface area contributed by atoms with E-state index in [1.807, 2.05) is 37.3 Å². The minimum absolute atomic E-state index is 0.255. The summed E-state index contributed by atoms with van der Waals surface area (Å²) in [6, 6.07) is 18.1. The van der Waals surface area contributed by atoms with Gasteiger partial charge in [0.15, 0.2) is 5.76 Å². The summed E-state index contributed by atoms with van der Waals surface area (Å²) in [5.41, 5.74) is 1.18. The van der Waals surface area contributed by atoms with E-state index in [-0.39, 0.29) is 5.56 Å². The molecule has 4 rings (SSSR count). The van der Waals surface area contributed by atoms with E-state index in [0.717, 1.165) is 11.3 Å². The molecule has 0 saturated carbocycles. The van der Waals surface area contributed by atoms with Crippen molar-refractivity contribution >= 4 is 17.1 Å². The van der Waals surface area contributed by atoms with Crippen molar-refractivity contribution in [2.24, 2.45) is 5.10 Å². The van der Waals surface area contributed by atoms with Gasteiger partial charge in [-0.15, -0.1) is 0 Å². The summed E-state index contributed by atoms with van der Waals surface area (Å²) in [5, 5.41) is 4.87. The Kier molecular flexibility index (Phi) is 4.53. The lowest BCUT2D eigenvalue weighted by Crippen LogP contribution is -2.20. The van der Waals surface area contributed by atoms with E-state index in [2.05, 4.69) is 10.1 Å². The van der Waals surface area contributed by atoms with Gasteiger partial charge in [-0.25, -0.2) is 4.98 Å². The number of hydrogen-bond donors (Lipinski definition) is 0. The average molecular weight is 359 g/mol. The zero-order chi connectivity index (χ0) is 18.6. The molecule has 2 aromatic heterocycles. The van der Waals surface area contributed by atoms with Crippen molar-refractivity contribution in [3.8, 4) is 17.3 Å². The Hall–Kier alpha value is -3.67. The maximum atomic E-state index is 13.0. The molecule has 0 radical (unpaired) electrons. The highest BCUT2D eigenvalue weighted by molar-refractivity contribution is 5.81. The van der Waals surface area contributed by atoms with E-state index < -0.39 is 0 Å². The number of ether oxygens (including phenoxy) is 1. The summed E-state index contributed by atoms with van der Waals surface area (Å²) >= 11 is 0. The number of fused-ring (bicyclic) bond motifs is 1. The van der Waals surface area contributed by atoms with Crippen LogP contribution >= 0.6 is 0 Å². The highest BCUT2D eigenvalue weighted by Crippen LogP contribution is 2.19. The van der Waals surface area contributed by atoms with Gasteiger partial charge in [0.1, 0.15) is 5.75 Å². The summed E-state index contributed by atoms with van der Waals surface area (Å²) in [7, 11) is 0. The largest absolute Gasteiger partial charge is 0.494 e. The number of para-hydroxylation sites is 1. The number of benzene rings is 2. The van der Waals surface area contributed by atoms with Crippen LogP contribution in [-0.4, -0.2) is 22.5 Å².